The number of nitrogens with zero attached hydrogens (tertiary/aromatic N) is 5. The van der Waals surface area contributed by atoms with Crippen LogP contribution in [0.15, 0.2) is 29.4 Å². The van der Waals surface area contributed by atoms with Crippen molar-refractivity contribution in [3.05, 3.63) is 24.4 Å². The minimum atomic E-state index is 0. The third-order valence-electron chi connectivity index (χ3n) is 5.44. The molecule has 6 nitrogen and oxygen atoms in total. The van der Waals surface area contributed by atoms with Gasteiger partial charge < -0.3 is 20.0 Å². The first-order valence-corrected chi connectivity index (χ1v) is 10.2. The van der Waals surface area contributed by atoms with Crippen molar-refractivity contribution < 1.29 is 0 Å². The van der Waals surface area contributed by atoms with E-state index >= 15 is 0 Å². The predicted octanol–water partition coefficient (Wildman–Crippen LogP) is 2.52. The van der Waals surface area contributed by atoms with Crippen molar-refractivity contribution in [3.8, 4) is 0 Å². The van der Waals surface area contributed by atoms with Crippen LogP contribution in [-0.4, -0.2) is 79.6 Å². The molecule has 3 rings (SSSR count). The van der Waals surface area contributed by atoms with Crippen molar-refractivity contribution in [1.82, 2.24) is 20.1 Å². The molecule has 2 aliphatic rings. The highest BCUT2D eigenvalue weighted by Crippen LogP contribution is 2.17. The molecule has 1 N–H and O–H groups in total. The van der Waals surface area contributed by atoms with E-state index in [0.29, 0.717) is 5.92 Å². The van der Waals surface area contributed by atoms with E-state index in [2.05, 4.69) is 51.0 Å². The molecule has 1 aromatic rings. The smallest absolute Gasteiger partial charge is 0.194 e. The van der Waals surface area contributed by atoms with E-state index in [-0.39, 0.29) is 24.0 Å². The van der Waals surface area contributed by atoms with Crippen LogP contribution in [0.5, 0.6) is 0 Å². The van der Waals surface area contributed by atoms with Crippen molar-refractivity contribution >= 4 is 35.8 Å². The predicted molar refractivity (Wildman–Crippen MR) is 124 cm³/mol. The molecule has 1 atom stereocenters. The number of hydrogen-bond donors (Lipinski definition) is 1. The van der Waals surface area contributed by atoms with Gasteiger partial charge in [0.05, 0.1) is 0 Å². The van der Waals surface area contributed by atoms with E-state index in [4.69, 9.17) is 4.99 Å². The molecule has 2 saturated heterocycles. The summed E-state index contributed by atoms with van der Waals surface area (Å²) in [6, 6.07) is 6.13. The fraction of sp³-hybridized carbons (Fsp3) is 0.700. The summed E-state index contributed by atoms with van der Waals surface area (Å²) in [4.78, 5) is 16.8. The van der Waals surface area contributed by atoms with E-state index in [9.17, 15) is 0 Å². The van der Waals surface area contributed by atoms with E-state index in [1.54, 1.807) is 0 Å². The summed E-state index contributed by atoms with van der Waals surface area (Å²) in [7, 11) is 0. The van der Waals surface area contributed by atoms with Gasteiger partial charge in [-0.1, -0.05) is 13.0 Å². The summed E-state index contributed by atoms with van der Waals surface area (Å²) in [5.74, 6) is 2.87. The Morgan fingerprint density at radius 3 is 2.67 bits per heavy atom. The van der Waals surface area contributed by atoms with Crippen LogP contribution in [0.2, 0.25) is 0 Å². The van der Waals surface area contributed by atoms with Crippen LogP contribution in [-0.2, 0) is 0 Å². The maximum absolute atomic E-state index is 5.00. The largest absolute Gasteiger partial charge is 0.357 e. The topological polar surface area (TPSA) is 47.0 Å². The SMILES string of the molecule is CCNC(=NCC1CCCN(CC)C1)N1CCN(c2ccccn2)CC1.I. The van der Waals surface area contributed by atoms with Gasteiger partial charge in [-0.2, -0.15) is 0 Å². The summed E-state index contributed by atoms with van der Waals surface area (Å²) in [6.07, 6.45) is 4.50. The lowest BCUT2D eigenvalue weighted by atomic mass is 9.98. The maximum Gasteiger partial charge on any atom is 0.194 e. The number of anilines is 1. The van der Waals surface area contributed by atoms with Gasteiger partial charge in [0.25, 0.3) is 0 Å². The number of aliphatic imine (C=N–C) groups is 1. The summed E-state index contributed by atoms with van der Waals surface area (Å²) < 4.78 is 0. The monoisotopic (exact) mass is 486 g/mol. The second-order valence-corrected chi connectivity index (χ2v) is 7.26. The van der Waals surface area contributed by atoms with Gasteiger partial charge in [0, 0.05) is 52.0 Å². The van der Waals surface area contributed by atoms with Gasteiger partial charge >= 0.3 is 0 Å². The number of piperidine rings is 1. The number of piperazine rings is 1. The normalized spacial score (nSPS) is 21.7. The zero-order valence-corrected chi connectivity index (χ0v) is 19.1. The quantitative estimate of drug-likeness (QED) is 0.394. The van der Waals surface area contributed by atoms with Crippen LogP contribution in [0.25, 0.3) is 0 Å². The van der Waals surface area contributed by atoms with E-state index in [1.807, 2.05) is 12.3 Å². The Labute approximate surface area is 181 Å². The fourth-order valence-electron chi connectivity index (χ4n) is 3.92. The lowest BCUT2D eigenvalue weighted by Crippen LogP contribution is -2.53. The van der Waals surface area contributed by atoms with E-state index in [0.717, 1.165) is 57.6 Å². The van der Waals surface area contributed by atoms with Crippen LogP contribution in [0, 0.1) is 5.92 Å². The summed E-state index contributed by atoms with van der Waals surface area (Å²) in [5.41, 5.74) is 0. The molecular weight excluding hydrogens is 451 g/mol. The first-order valence-electron chi connectivity index (χ1n) is 10.2. The van der Waals surface area contributed by atoms with Gasteiger partial charge in [-0.05, 0) is 50.9 Å². The number of pyridine rings is 1. The number of guanidine groups is 1. The number of likely N-dealkylation sites (tertiary alicyclic amines) is 1. The van der Waals surface area contributed by atoms with Gasteiger partial charge in [0.15, 0.2) is 5.96 Å². The molecule has 0 bridgehead atoms. The average molecular weight is 486 g/mol. The first kappa shape index (κ1) is 22.2. The summed E-state index contributed by atoms with van der Waals surface area (Å²) >= 11 is 0. The van der Waals surface area contributed by atoms with Crippen molar-refractivity contribution in [2.75, 3.05) is 63.8 Å². The van der Waals surface area contributed by atoms with Crippen molar-refractivity contribution in [2.45, 2.75) is 26.7 Å². The molecule has 27 heavy (non-hydrogen) atoms. The summed E-state index contributed by atoms with van der Waals surface area (Å²) in [5, 5.41) is 3.50. The van der Waals surface area contributed by atoms with E-state index in [1.165, 1.54) is 25.9 Å². The molecule has 7 heteroatoms. The van der Waals surface area contributed by atoms with E-state index < -0.39 is 0 Å². The Balaban J connectivity index is 0.00000261. The lowest BCUT2D eigenvalue weighted by Gasteiger charge is -2.37. The molecule has 0 aromatic carbocycles. The molecule has 0 amide bonds. The lowest BCUT2D eigenvalue weighted by molar-refractivity contribution is 0.186. The van der Waals surface area contributed by atoms with Crippen molar-refractivity contribution in [1.29, 1.82) is 0 Å². The average Bonchev–Trinajstić information content (AvgIpc) is 2.72. The molecule has 1 aromatic heterocycles. The minimum absolute atomic E-state index is 0. The molecule has 2 aliphatic heterocycles. The van der Waals surface area contributed by atoms with Crippen LogP contribution in [0.4, 0.5) is 5.82 Å². The maximum atomic E-state index is 5.00. The number of aromatic nitrogens is 1. The van der Waals surface area contributed by atoms with Gasteiger partial charge in [-0.25, -0.2) is 4.98 Å². The zero-order chi connectivity index (χ0) is 18.2. The van der Waals surface area contributed by atoms with Gasteiger partial charge in [-0.15, -0.1) is 24.0 Å². The molecule has 152 valence electrons. The Bertz CT molecular complexity index is 559. The third kappa shape index (κ3) is 6.48. The first-order chi connectivity index (χ1) is 12.8. The van der Waals surface area contributed by atoms with Crippen LogP contribution >= 0.6 is 24.0 Å². The second kappa shape index (κ2) is 11.7. The van der Waals surface area contributed by atoms with Gasteiger partial charge in [-0.3, -0.25) is 4.99 Å². The van der Waals surface area contributed by atoms with Gasteiger partial charge in [0.2, 0.25) is 0 Å². The molecule has 1 unspecified atom stereocenters. The Kier molecular flexibility index (Phi) is 9.61. The Morgan fingerprint density at radius 1 is 1.19 bits per heavy atom. The number of nitrogens with one attached hydrogen (secondary N) is 1. The van der Waals surface area contributed by atoms with Crippen molar-refractivity contribution in [3.63, 3.8) is 0 Å². The number of halogens is 1. The Hall–Kier alpha value is -1.09. The molecule has 0 saturated carbocycles. The Morgan fingerprint density at radius 2 is 2.00 bits per heavy atom. The highest BCUT2D eigenvalue weighted by Gasteiger charge is 2.22. The zero-order valence-electron chi connectivity index (χ0n) is 16.8. The molecule has 0 radical (unpaired) electrons. The van der Waals surface area contributed by atoms with Crippen LogP contribution in [0.1, 0.15) is 26.7 Å². The fourth-order valence-corrected chi connectivity index (χ4v) is 3.92. The van der Waals surface area contributed by atoms with Crippen LogP contribution < -0.4 is 10.2 Å². The molecule has 0 aliphatic carbocycles. The van der Waals surface area contributed by atoms with Crippen LogP contribution in [0.3, 0.4) is 0 Å². The van der Waals surface area contributed by atoms with Crippen molar-refractivity contribution in [2.24, 2.45) is 10.9 Å². The highest BCUT2D eigenvalue weighted by atomic mass is 127. The molecule has 2 fully saturated rings. The summed E-state index contributed by atoms with van der Waals surface area (Å²) in [6.45, 7) is 13.9. The molecule has 0 spiro atoms. The number of hydrogen-bond acceptors (Lipinski definition) is 4. The molecular formula is C20H35IN6. The third-order valence-corrected chi connectivity index (χ3v) is 5.44. The van der Waals surface area contributed by atoms with Gasteiger partial charge in [0.1, 0.15) is 5.82 Å². The second-order valence-electron chi connectivity index (χ2n) is 7.26. The standard InChI is InChI=1S/C20H34N6.HI/c1-3-21-20(23-16-18-8-7-11-24(4-2)17-18)26-14-12-25(13-15-26)19-9-5-6-10-22-19;/h5-6,9-10,18H,3-4,7-8,11-17H2,1-2H3,(H,21,23);1H. The minimum Gasteiger partial charge on any atom is -0.357 e. The number of rotatable bonds is 5. The highest BCUT2D eigenvalue weighted by molar-refractivity contribution is 14.0. The molecule has 3 heterocycles.